The quantitative estimate of drug-likeness (QED) is 0.753. The van der Waals surface area contributed by atoms with Gasteiger partial charge in [-0.3, -0.25) is 0 Å². The largest absolute Gasteiger partial charge is 0.385 e. The van der Waals surface area contributed by atoms with Crippen molar-refractivity contribution in [2.45, 2.75) is 33.1 Å². The molecule has 1 nitrogen and oxygen atoms in total. The molecule has 0 radical (unpaired) electrons. The number of hydrogen-bond donors (Lipinski definition) is 1. The fourth-order valence-electron chi connectivity index (χ4n) is 2.21. The van der Waals surface area contributed by atoms with E-state index in [1.165, 1.54) is 24.9 Å². The van der Waals surface area contributed by atoms with Crippen LogP contribution in [0.2, 0.25) is 0 Å². The highest BCUT2D eigenvalue weighted by Crippen LogP contribution is 2.26. The number of hydrogen-bond acceptors (Lipinski definition) is 1. The molecule has 76 valence electrons. The summed E-state index contributed by atoms with van der Waals surface area (Å²) in [5.74, 6) is 0.753. The first kappa shape index (κ1) is 9.57. The number of anilines is 1. The average molecular weight is 189 g/mol. The van der Waals surface area contributed by atoms with Crippen LogP contribution in [0, 0.1) is 5.92 Å². The zero-order valence-electron chi connectivity index (χ0n) is 9.14. The monoisotopic (exact) mass is 189 g/mol. The molecule has 0 saturated carbocycles. The second-order valence-corrected chi connectivity index (χ2v) is 4.57. The average Bonchev–Trinajstić information content (AvgIpc) is 2.18. The van der Waals surface area contributed by atoms with E-state index in [9.17, 15) is 0 Å². The maximum atomic E-state index is 3.48. The maximum Gasteiger partial charge on any atom is 0.0375 e. The third-order valence-electron chi connectivity index (χ3n) is 2.82. The van der Waals surface area contributed by atoms with Crippen LogP contribution < -0.4 is 5.32 Å². The first-order valence-electron chi connectivity index (χ1n) is 5.62. The van der Waals surface area contributed by atoms with E-state index in [2.05, 4.69) is 37.4 Å². The van der Waals surface area contributed by atoms with Crippen molar-refractivity contribution in [2.75, 3.05) is 11.9 Å². The Morgan fingerprint density at radius 2 is 2.21 bits per heavy atom. The Morgan fingerprint density at radius 1 is 1.36 bits per heavy atom. The van der Waals surface area contributed by atoms with Crippen LogP contribution in [0.5, 0.6) is 0 Å². The molecule has 1 aliphatic rings. The first-order chi connectivity index (χ1) is 6.77. The van der Waals surface area contributed by atoms with Gasteiger partial charge in [0.15, 0.2) is 0 Å². The van der Waals surface area contributed by atoms with E-state index in [1.54, 1.807) is 11.1 Å². The van der Waals surface area contributed by atoms with Gasteiger partial charge in [0.05, 0.1) is 0 Å². The lowest BCUT2D eigenvalue weighted by Crippen LogP contribution is -2.14. The van der Waals surface area contributed by atoms with Crippen LogP contribution in [0.4, 0.5) is 5.69 Å². The number of fused-ring (bicyclic) bond motifs is 1. The molecule has 0 saturated heterocycles. The molecule has 1 aromatic rings. The predicted octanol–water partition coefficient (Wildman–Crippen LogP) is 3.24. The number of rotatable bonds is 2. The standard InChI is InChI=1S/C13H19N/c1-10(2)9-11-5-3-7-13-12(11)6-4-8-14-13/h3,5,7,10,14H,4,6,8-9H2,1-2H3. The molecule has 0 bridgehead atoms. The zero-order valence-corrected chi connectivity index (χ0v) is 9.14. The third kappa shape index (κ3) is 1.92. The minimum atomic E-state index is 0.753. The molecule has 1 aliphatic heterocycles. The molecular formula is C13H19N. The topological polar surface area (TPSA) is 12.0 Å². The summed E-state index contributed by atoms with van der Waals surface area (Å²) in [5, 5.41) is 3.48. The normalized spacial score (nSPS) is 15.1. The van der Waals surface area contributed by atoms with Crippen LogP contribution in [0.1, 0.15) is 31.4 Å². The van der Waals surface area contributed by atoms with E-state index in [-0.39, 0.29) is 0 Å². The number of benzene rings is 1. The minimum absolute atomic E-state index is 0.753. The summed E-state index contributed by atoms with van der Waals surface area (Å²) >= 11 is 0. The predicted molar refractivity (Wildman–Crippen MR) is 61.8 cm³/mol. The van der Waals surface area contributed by atoms with Crippen LogP contribution >= 0.6 is 0 Å². The van der Waals surface area contributed by atoms with Crippen LogP contribution in [0.15, 0.2) is 18.2 Å². The molecule has 0 fully saturated rings. The highest BCUT2D eigenvalue weighted by atomic mass is 14.9. The molecule has 0 aliphatic carbocycles. The number of nitrogens with one attached hydrogen (secondary N) is 1. The summed E-state index contributed by atoms with van der Waals surface area (Å²) in [6.45, 7) is 5.71. The van der Waals surface area contributed by atoms with Crippen LogP contribution in [0.25, 0.3) is 0 Å². The van der Waals surface area contributed by atoms with Crippen LogP contribution in [-0.4, -0.2) is 6.54 Å². The Morgan fingerprint density at radius 3 is 3.00 bits per heavy atom. The van der Waals surface area contributed by atoms with Gasteiger partial charge in [-0.05, 0) is 42.4 Å². The molecule has 0 spiro atoms. The van der Waals surface area contributed by atoms with Crippen molar-refractivity contribution in [3.8, 4) is 0 Å². The third-order valence-corrected chi connectivity index (χ3v) is 2.82. The molecule has 14 heavy (non-hydrogen) atoms. The lowest BCUT2D eigenvalue weighted by molar-refractivity contribution is 0.639. The van der Waals surface area contributed by atoms with E-state index < -0.39 is 0 Å². The van der Waals surface area contributed by atoms with E-state index >= 15 is 0 Å². The van der Waals surface area contributed by atoms with E-state index in [0.29, 0.717) is 0 Å². The first-order valence-corrected chi connectivity index (χ1v) is 5.62. The van der Waals surface area contributed by atoms with Gasteiger partial charge >= 0.3 is 0 Å². The van der Waals surface area contributed by atoms with Crippen molar-refractivity contribution in [3.05, 3.63) is 29.3 Å². The fourth-order valence-corrected chi connectivity index (χ4v) is 2.21. The molecule has 0 amide bonds. The van der Waals surface area contributed by atoms with E-state index in [1.807, 2.05) is 0 Å². The van der Waals surface area contributed by atoms with Gasteiger partial charge in [-0.2, -0.15) is 0 Å². The summed E-state index contributed by atoms with van der Waals surface area (Å²) < 4.78 is 0. The van der Waals surface area contributed by atoms with Crippen molar-refractivity contribution < 1.29 is 0 Å². The van der Waals surface area contributed by atoms with Crippen LogP contribution in [-0.2, 0) is 12.8 Å². The van der Waals surface area contributed by atoms with Gasteiger partial charge in [-0.25, -0.2) is 0 Å². The summed E-state index contributed by atoms with van der Waals surface area (Å²) in [7, 11) is 0. The summed E-state index contributed by atoms with van der Waals surface area (Å²) in [5.41, 5.74) is 4.48. The molecule has 1 heteroatoms. The minimum Gasteiger partial charge on any atom is -0.385 e. The molecule has 0 aromatic heterocycles. The Hall–Kier alpha value is -0.980. The molecular weight excluding hydrogens is 170 g/mol. The van der Waals surface area contributed by atoms with Gasteiger partial charge in [-0.1, -0.05) is 26.0 Å². The van der Waals surface area contributed by atoms with Gasteiger partial charge in [0, 0.05) is 12.2 Å². The van der Waals surface area contributed by atoms with E-state index in [0.717, 1.165) is 12.5 Å². The fraction of sp³-hybridized carbons (Fsp3) is 0.538. The van der Waals surface area contributed by atoms with Gasteiger partial charge in [0.2, 0.25) is 0 Å². The zero-order chi connectivity index (χ0) is 9.97. The lowest BCUT2D eigenvalue weighted by atomic mass is 9.92. The molecule has 1 N–H and O–H groups in total. The van der Waals surface area contributed by atoms with Crippen molar-refractivity contribution in [1.82, 2.24) is 0 Å². The second-order valence-electron chi connectivity index (χ2n) is 4.57. The maximum absolute atomic E-state index is 3.48. The van der Waals surface area contributed by atoms with Gasteiger partial charge < -0.3 is 5.32 Å². The molecule has 0 atom stereocenters. The highest BCUT2D eigenvalue weighted by molar-refractivity contribution is 5.56. The van der Waals surface area contributed by atoms with Gasteiger partial charge in [0.25, 0.3) is 0 Å². The lowest BCUT2D eigenvalue weighted by Gasteiger charge is -2.21. The molecule has 1 aromatic carbocycles. The van der Waals surface area contributed by atoms with Crippen molar-refractivity contribution in [1.29, 1.82) is 0 Å². The molecule has 0 unspecified atom stereocenters. The summed E-state index contributed by atoms with van der Waals surface area (Å²) in [4.78, 5) is 0. The SMILES string of the molecule is CC(C)Cc1cccc2c1CCCN2. The Balaban J connectivity index is 2.30. The Kier molecular flexibility index (Phi) is 2.76. The Labute approximate surface area is 86.5 Å². The van der Waals surface area contributed by atoms with Crippen molar-refractivity contribution >= 4 is 5.69 Å². The van der Waals surface area contributed by atoms with Gasteiger partial charge in [0.1, 0.15) is 0 Å². The summed E-state index contributed by atoms with van der Waals surface area (Å²) in [6.07, 6.45) is 3.75. The van der Waals surface area contributed by atoms with Crippen molar-refractivity contribution in [2.24, 2.45) is 5.92 Å². The highest BCUT2D eigenvalue weighted by Gasteiger charge is 2.12. The van der Waals surface area contributed by atoms with Gasteiger partial charge in [-0.15, -0.1) is 0 Å². The second kappa shape index (κ2) is 4.04. The van der Waals surface area contributed by atoms with Crippen molar-refractivity contribution in [3.63, 3.8) is 0 Å². The molecule has 1 heterocycles. The molecule has 2 rings (SSSR count). The smallest absolute Gasteiger partial charge is 0.0375 e. The van der Waals surface area contributed by atoms with Crippen LogP contribution in [0.3, 0.4) is 0 Å². The Bertz CT molecular complexity index is 315. The summed E-state index contributed by atoms with van der Waals surface area (Å²) in [6, 6.07) is 6.67. The van der Waals surface area contributed by atoms with E-state index in [4.69, 9.17) is 0 Å².